The Balaban J connectivity index is 1.57. The van der Waals surface area contributed by atoms with Crippen LogP contribution in [-0.4, -0.2) is 41.5 Å². The molecule has 1 N–H and O–H groups in total. The molecular weight excluding hydrogens is 454 g/mol. The number of aliphatic hydroxyl groups excluding tert-OH is 1. The summed E-state index contributed by atoms with van der Waals surface area (Å²) < 4.78 is 11.2. The van der Waals surface area contributed by atoms with Gasteiger partial charge in [-0.25, -0.2) is 0 Å². The highest BCUT2D eigenvalue weighted by Crippen LogP contribution is 2.41. The first-order valence-corrected chi connectivity index (χ1v) is 11.4. The lowest BCUT2D eigenvalue weighted by atomic mass is 9.95. The lowest BCUT2D eigenvalue weighted by molar-refractivity contribution is -0.139. The van der Waals surface area contributed by atoms with Gasteiger partial charge in [0.1, 0.15) is 19.0 Å². The summed E-state index contributed by atoms with van der Waals surface area (Å²) in [6.45, 7) is 1.16. The third kappa shape index (κ3) is 4.13. The first-order chi connectivity index (χ1) is 16.5. The van der Waals surface area contributed by atoms with Crippen molar-refractivity contribution < 1.29 is 24.2 Å². The zero-order valence-electron chi connectivity index (χ0n) is 18.2. The largest absolute Gasteiger partial charge is 0.507 e. The van der Waals surface area contributed by atoms with E-state index in [1.807, 2.05) is 30.3 Å². The molecule has 0 unspecified atom stereocenters. The van der Waals surface area contributed by atoms with E-state index in [9.17, 15) is 14.7 Å². The number of benzene rings is 3. The quantitative estimate of drug-likeness (QED) is 0.326. The van der Waals surface area contributed by atoms with Gasteiger partial charge in [0, 0.05) is 17.1 Å². The van der Waals surface area contributed by atoms with Crippen LogP contribution >= 0.6 is 11.6 Å². The zero-order chi connectivity index (χ0) is 23.7. The van der Waals surface area contributed by atoms with Crippen LogP contribution in [0.15, 0.2) is 78.4 Å². The van der Waals surface area contributed by atoms with Crippen LogP contribution in [0.5, 0.6) is 11.5 Å². The standard InChI is InChI=1S/C27H22ClNO5/c28-20-9-6-18(7-10-20)24-23(25(30)19-8-11-21-22(16-19)34-15-14-33-21)26(31)27(32)29(24)13-12-17-4-2-1-3-5-17/h1-11,16,24,30H,12-15H2/t24-/m1/s1. The van der Waals surface area contributed by atoms with Gasteiger partial charge in [-0.2, -0.15) is 0 Å². The number of rotatable bonds is 5. The maximum absolute atomic E-state index is 13.2. The second kappa shape index (κ2) is 9.23. The van der Waals surface area contributed by atoms with Crippen LogP contribution in [0, 0.1) is 0 Å². The van der Waals surface area contributed by atoms with E-state index in [1.54, 1.807) is 42.5 Å². The van der Waals surface area contributed by atoms with Gasteiger partial charge in [0.25, 0.3) is 11.7 Å². The monoisotopic (exact) mass is 475 g/mol. The van der Waals surface area contributed by atoms with Crippen molar-refractivity contribution in [3.63, 3.8) is 0 Å². The molecule has 172 valence electrons. The first-order valence-electron chi connectivity index (χ1n) is 11.0. The molecule has 0 saturated carbocycles. The molecule has 2 heterocycles. The minimum Gasteiger partial charge on any atom is -0.507 e. The smallest absolute Gasteiger partial charge is 0.295 e. The highest BCUT2D eigenvalue weighted by Gasteiger charge is 2.45. The third-order valence-corrected chi connectivity index (χ3v) is 6.28. The number of carbonyl (C=O) groups is 2. The molecule has 3 aromatic rings. The van der Waals surface area contributed by atoms with Gasteiger partial charge >= 0.3 is 0 Å². The number of carbonyl (C=O) groups excluding carboxylic acids is 2. The topological polar surface area (TPSA) is 76.1 Å². The summed E-state index contributed by atoms with van der Waals surface area (Å²) in [7, 11) is 0. The Morgan fingerprint density at radius 1 is 0.941 bits per heavy atom. The Morgan fingerprint density at radius 3 is 2.38 bits per heavy atom. The fourth-order valence-corrected chi connectivity index (χ4v) is 4.47. The Bertz CT molecular complexity index is 1270. The van der Waals surface area contributed by atoms with E-state index < -0.39 is 17.7 Å². The molecule has 0 aliphatic carbocycles. The average Bonchev–Trinajstić information content (AvgIpc) is 3.12. The van der Waals surface area contributed by atoms with Crippen LogP contribution in [0.2, 0.25) is 5.02 Å². The highest BCUT2D eigenvalue weighted by molar-refractivity contribution is 6.46. The molecule has 6 nitrogen and oxygen atoms in total. The summed E-state index contributed by atoms with van der Waals surface area (Å²) >= 11 is 6.08. The first kappa shape index (κ1) is 22.0. The predicted molar refractivity (Wildman–Crippen MR) is 128 cm³/mol. The molecule has 1 fully saturated rings. The van der Waals surface area contributed by atoms with Crippen LogP contribution in [0.3, 0.4) is 0 Å². The molecular formula is C27H22ClNO5. The van der Waals surface area contributed by atoms with Crippen molar-refractivity contribution in [3.8, 4) is 11.5 Å². The molecule has 1 saturated heterocycles. The number of halogens is 1. The summed E-state index contributed by atoms with van der Waals surface area (Å²) in [6, 6.07) is 20.9. The SMILES string of the molecule is O=C1C(=O)N(CCc2ccccc2)[C@H](c2ccc(Cl)cc2)C1=C(O)c1ccc2c(c1)OCCO2. The predicted octanol–water partition coefficient (Wildman–Crippen LogP) is 4.78. The fourth-order valence-electron chi connectivity index (χ4n) is 4.34. The molecule has 34 heavy (non-hydrogen) atoms. The van der Waals surface area contributed by atoms with Crippen LogP contribution in [-0.2, 0) is 16.0 Å². The van der Waals surface area contributed by atoms with E-state index in [0.29, 0.717) is 53.8 Å². The summed E-state index contributed by atoms with van der Waals surface area (Å²) in [5.74, 6) is -0.565. The van der Waals surface area contributed by atoms with Crippen LogP contribution < -0.4 is 9.47 Å². The van der Waals surface area contributed by atoms with Gasteiger partial charge in [-0.3, -0.25) is 9.59 Å². The van der Waals surface area contributed by atoms with E-state index >= 15 is 0 Å². The van der Waals surface area contributed by atoms with E-state index in [2.05, 4.69) is 0 Å². The van der Waals surface area contributed by atoms with Crippen molar-refractivity contribution in [2.75, 3.05) is 19.8 Å². The molecule has 2 aliphatic rings. The Hall–Kier alpha value is -3.77. The summed E-state index contributed by atoms with van der Waals surface area (Å²) in [6.07, 6.45) is 0.571. The van der Waals surface area contributed by atoms with Crippen molar-refractivity contribution in [2.45, 2.75) is 12.5 Å². The number of nitrogens with zero attached hydrogens (tertiary/aromatic N) is 1. The van der Waals surface area contributed by atoms with Crippen LogP contribution in [0.4, 0.5) is 0 Å². The van der Waals surface area contributed by atoms with E-state index in [4.69, 9.17) is 21.1 Å². The second-order valence-corrected chi connectivity index (χ2v) is 8.57. The van der Waals surface area contributed by atoms with Gasteiger partial charge < -0.3 is 19.5 Å². The Kier molecular flexibility index (Phi) is 5.99. The minimum atomic E-state index is -0.742. The lowest BCUT2D eigenvalue weighted by Crippen LogP contribution is -2.31. The van der Waals surface area contributed by atoms with Gasteiger partial charge in [0.05, 0.1) is 11.6 Å². The van der Waals surface area contributed by atoms with Crippen LogP contribution in [0.25, 0.3) is 5.76 Å². The Labute approximate surface area is 202 Å². The molecule has 0 spiro atoms. The Morgan fingerprint density at radius 2 is 1.65 bits per heavy atom. The maximum Gasteiger partial charge on any atom is 0.295 e. The molecule has 1 atom stereocenters. The molecule has 3 aromatic carbocycles. The van der Waals surface area contributed by atoms with Crippen LogP contribution in [0.1, 0.15) is 22.7 Å². The van der Waals surface area contributed by atoms with E-state index in [1.165, 1.54) is 4.90 Å². The van der Waals surface area contributed by atoms with Gasteiger partial charge in [-0.1, -0.05) is 54.1 Å². The van der Waals surface area contributed by atoms with Crippen molar-refractivity contribution in [3.05, 3.63) is 100 Å². The molecule has 0 aromatic heterocycles. The third-order valence-electron chi connectivity index (χ3n) is 6.03. The van der Waals surface area contributed by atoms with E-state index in [0.717, 1.165) is 5.56 Å². The van der Waals surface area contributed by atoms with Gasteiger partial charge in [-0.05, 0) is 47.9 Å². The molecule has 0 bridgehead atoms. The number of ether oxygens (including phenoxy) is 2. The van der Waals surface area contributed by atoms with Gasteiger partial charge in [0.15, 0.2) is 11.5 Å². The summed E-state index contributed by atoms with van der Waals surface area (Å²) in [5.41, 5.74) is 2.16. The number of ketones is 1. The van der Waals surface area contributed by atoms with Gasteiger partial charge in [0.2, 0.25) is 0 Å². The fraction of sp³-hybridized carbons (Fsp3) is 0.185. The average molecular weight is 476 g/mol. The number of aliphatic hydroxyl groups is 1. The normalized spacial score (nSPS) is 18.9. The number of fused-ring (bicyclic) bond motifs is 1. The summed E-state index contributed by atoms with van der Waals surface area (Å²) in [5, 5.41) is 11.8. The second-order valence-electron chi connectivity index (χ2n) is 8.14. The molecule has 2 aliphatic heterocycles. The lowest BCUT2D eigenvalue weighted by Gasteiger charge is -2.25. The number of hydrogen-bond donors (Lipinski definition) is 1. The number of likely N-dealkylation sites (tertiary alicyclic amines) is 1. The summed E-state index contributed by atoms with van der Waals surface area (Å²) in [4.78, 5) is 27.8. The molecule has 7 heteroatoms. The molecule has 0 radical (unpaired) electrons. The van der Waals surface area contributed by atoms with Crippen molar-refractivity contribution in [1.82, 2.24) is 4.90 Å². The van der Waals surface area contributed by atoms with E-state index in [-0.39, 0.29) is 11.3 Å². The number of Topliss-reactive ketones (excluding diaryl/α,β-unsaturated/α-hetero) is 1. The zero-order valence-corrected chi connectivity index (χ0v) is 19.0. The maximum atomic E-state index is 13.2. The number of hydrogen-bond acceptors (Lipinski definition) is 5. The van der Waals surface area contributed by atoms with Crippen molar-refractivity contribution in [2.24, 2.45) is 0 Å². The molecule has 1 amide bonds. The van der Waals surface area contributed by atoms with Gasteiger partial charge in [-0.15, -0.1) is 0 Å². The van der Waals surface area contributed by atoms with Crippen molar-refractivity contribution >= 4 is 29.1 Å². The highest BCUT2D eigenvalue weighted by atomic mass is 35.5. The number of amides is 1. The molecule has 5 rings (SSSR count). The minimum absolute atomic E-state index is 0.0389. The van der Waals surface area contributed by atoms with Crippen molar-refractivity contribution in [1.29, 1.82) is 0 Å².